The summed E-state index contributed by atoms with van der Waals surface area (Å²) >= 11 is 0. The van der Waals surface area contributed by atoms with Gasteiger partial charge in [0.15, 0.2) is 12.1 Å². The lowest BCUT2D eigenvalue weighted by Gasteiger charge is -1.91. The van der Waals surface area contributed by atoms with Crippen molar-refractivity contribution in [2.24, 2.45) is 0 Å². The highest BCUT2D eigenvalue weighted by atomic mass is 16.3. The van der Waals surface area contributed by atoms with Gasteiger partial charge in [-0.2, -0.15) is 4.98 Å². The fourth-order valence-electron chi connectivity index (χ4n) is 1.13. The molecule has 0 aliphatic rings. The van der Waals surface area contributed by atoms with Crippen molar-refractivity contribution >= 4 is 11.8 Å². The minimum absolute atomic E-state index is 0.113. The summed E-state index contributed by atoms with van der Waals surface area (Å²) in [5.74, 6) is 0.0980. The molecule has 0 saturated heterocycles. The van der Waals surface area contributed by atoms with Crippen molar-refractivity contribution in [1.82, 2.24) is 9.38 Å². The van der Waals surface area contributed by atoms with Crippen molar-refractivity contribution in [3.05, 3.63) is 30.2 Å². The third-order valence-corrected chi connectivity index (χ3v) is 1.66. The Labute approximate surface area is 68.1 Å². The van der Waals surface area contributed by atoms with Crippen LogP contribution in [-0.2, 0) is 0 Å². The summed E-state index contributed by atoms with van der Waals surface area (Å²) in [5.41, 5.74) is 0.541. The van der Waals surface area contributed by atoms with Crippen LogP contribution in [0.5, 0.6) is 5.88 Å². The molecule has 2 aromatic heterocycles. The van der Waals surface area contributed by atoms with E-state index in [1.165, 1.54) is 4.40 Å². The Hall–Kier alpha value is -1.84. The van der Waals surface area contributed by atoms with Crippen molar-refractivity contribution in [2.75, 3.05) is 0 Å². The normalized spacial score (nSPS) is 10.3. The molecule has 0 bridgehead atoms. The molecular formula is C8H6N2O2. The average molecular weight is 162 g/mol. The Morgan fingerprint density at radius 2 is 2.33 bits per heavy atom. The van der Waals surface area contributed by atoms with E-state index in [4.69, 9.17) is 0 Å². The van der Waals surface area contributed by atoms with Gasteiger partial charge in [0.25, 0.3) is 0 Å². The number of carbonyl (C=O) groups is 1. The van der Waals surface area contributed by atoms with Crippen molar-refractivity contribution in [2.45, 2.75) is 0 Å². The predicted molar refractivity (Wildman–Crippen MR) is 42.2 cm³/mol. The molecule has 0 radical (unpaired) electrons. The summed E-state index contributed by atoms with van der Waals surface area (Å²) < 4.78 is 1.53. The van der Waals surface area contributed by atoms with Gasteiger partial charge >= 0.3 is 0 Å². The van der Waals surface area contributed by atoms with Crippen LogP contribution in [-0.4, -0.2) is 20.8 Å². The average Bonchev–Trinajstić information content (AvgIpc) is 2.44. The Morgan fingerprint density at radius 1 is 1.50 bits per heavy atom. The molecule has 0 aliphatic carbocycles. The first-order chi connectivity index (χ1) is 5.83. The van der Waals surface area contributed by atoms with Crippen molar-refractivity contribution < 1.29 is 9.90 Å². The SMILES string of the molecule is O=Cc1nc(O)c2ccccn12. The zero-order chi connectivity index (χ0) is 8.55. The maximum atomic E-state index is 10.4. The summed E-state index contributed by atoms with van der Waals surface area (Å²) in [4.78, 5) is 14.1. The molecule has 1 N–H and O–H groups in total. The largest absolute Gasteiger partial charge is 0.492 e. The lowest BCUT2D eigenvalue weighted by Crippen LogP contribution is -1.89. The molecule has 4 nitrogen and oxygen atoms in total. The van der Waals surface area contributed by atoms with E-state index in [2.05, 4.69) is 4.98 Å². The zero-order valence-corrected chi connectivity index (χ0v) is 6.14. The first kappa shape index (κ1) is 6.84. The summed E-state index contributed by atoms with van der Waals surface area (Å²) in [7, 11) is 0. The molecule has 0 spiro atoms. The number of aromatic hydroxyl groups is 1. The lowest BCUT2D eigenvalue weighted by atomic mass is 10.4. The number of nitrogens with zero attached hydrogens (tertiary/aromatic N) is 2. The van der Waals surface area contributed by atoms with Crippen molar-refractivity contribution in [1.29, 1.82) is 0 Å². The van der Waals surface area contributed by atoms with E-state index in [0.717, 1.165) is 0 Å². The van der Waals surface area contributed by atoms with Crippen LogP contribution in [0.3, 0.4) is 0 Å². The smallest absolute Gasteiger partial charge is 0.237 e. The number of pyridine rings is 1. The van der Waals surface area contributed by atoms with Crippen LogP contribution in [0.15, 0.2) is 24.4 Å². The molecule has 0 aliphatic heterocycles. The minimum Gasteiger partial charge on any atom is -0.492 e. The van der Waals surface area contributed by atoms with Crippen LogP contribution in [0.4, 0.5) is 0 Å². The number of fused-ring (bicyclic) bond motifs is 1. The van der Waals surface area contributed by atoms with E-state index in [1.54, 1.807) is 24.4 Å². The van der Waals surface area contributed by atoms with Crippen LogP contribution < -0.4 is 0 Å². The van der Waals surface area contributed by atoms with Gasteiger partial charge in [-0.25, -0.2) is 0 Å². The van der Waals surface area contributed by atoms with E-state index in [-0.39, 0.29) is 11.7 Å². The van der Waals surface area contributed by atoms with Crippen LogP contribution in [0.25, 0.3) is 5.52 Å². The number of rotatable bonds is 1. The first-order valence-electron chi connectivity index (χ1n) is 3.44. The molecule has 0 aromatic carbocycles. The highest BCUT2D eigenvalue weighted by molar-refractivity contribution is 5.74. The van der Waals surface area contributed by atoms with E-state index in [0.29, 0.717) is 11.8 Å². The Kier molecular flexibility index (Phi) is 1.33. The van der Waals surface area contributed by atoms with Gasteiger partial charge in [0.05, 0.1) is 0 Å². The second-order valence-corrected chi connectivity index (χ2v) is 2.37. The van der Waals surface area contributed by atoms with Gasteiger partial charge in [-0.1, -0.05) is 6.07 Å². The van der Waals surface area contributed by atoms with Gasteiger partial charge in [0.2, 0.25) is 5.88 Å². The molecule has 2 aromatic rings. The number of imidazole rings is 1. The summed E-state index contributed by atoms with van der Waals surface area (Å²) in [6.07, 6.45) is 2.28. The van der Waals surface area contributed by atoms with Gasteiger partial charge in [0, 0.05) is 6.20 Å². The maximum absolute atomic E-state index is 10.4. The molecule has 0 saturated carbocycles. The van der Waals surface area contributed by atoms with Crippen molar-refractivity contribution in [3.8, 4) is 5.88 Å². The highest BCUT2D eigenvalue weighted by Crippen LogP contribution is 2.16. The maximum Gasteiger partial charge on any atom is 0.237 e. The molecular weight excluding hydrogens is 156 g/mol. The number of carbonyl (C=O) groups excluding carboxylic acids is 1. The van der Waals surface area contributed by atoms with E-state index >= 15 is 0 Å². The molecule has 0 fully saturated rings. The minimum atomic E-state index is -0.113. The monoisotopic (exact) mass is 162 g/mol. The number of aromatic nitrogens is 2. The lowest BCUT2D eigenvalue weighted by molar-refractivity contribution is 0.111. The Morgan fingerprint density at radius 3 is 3.08 bits per heavy atom. The third kappa shape index (κ3) is 0.780. The van der Waals surface area contributed by atoms with E-state index in [1.807, 2.05) is 0 Å². The van der Waals surface area contributed by atoms with Gasteiger partial charge in [-0.05, 0) is 12.1 Å². The standard InChI is InChI=1S/C8H6N2O2/c11-5-7-9-8(12)6-3-1-2-4-10(6)7/h1-5,12H. The summed E-state index contributed by atoms with van der Waals surface area (Å²) in [5, 5.41) is 9.23. The second kappa shape index (κ2) is 2.34. The van der Waals surface area contributed by atoms with Crippen LogP contribution in [0.1, 0.15) is 10.6 Å². The summed E-state index contributed by atoms with van der Waals surface area (Å²) in [6, 6.07) is 5.22. The first-order valence-corrected chi connectivity index (χ1v) is 3.44. The third-order valence-electron chi connectivity index (χ3n) is 1.66. The summed E-state index contributed by atoms with van der Waals surface area (Å²) in [6.45, 7) is 0. The van der Waals surface area contributed by atoms with E-state index < -0.39 is 0 Å². The van der Waals surface area contributed by atoms with E-state index in [9.17, 15) is 9.90 Å². The number of hydrogen-bond donors (Lipinski definition) is 1. The Balaban J connectivity index is 2.91. The molecule has 0 amide bonds. The quantitative estimate of drug-likeness (QED) is 0.632. The predicted octanol–water partition coefficient (Wildman–Crippen LogP) is 0.852. The fourth-order valence-corrected chi connectivity index (χ4v) is 1.13. The highest BCUT2D eigenvalue weighted by Gasteiger charge is 2.06. The number of aldehydes is 1. The Bertz CT molecular complexity index is 434. The number of hydrogen-bond acceptors (Lipinski definition) is 3. The van der Waals surface area contributed by atoms with Gasteiger partial charge in [-0.15, -0.1) is 0 Å². The second-order valence-electron chi connectivity index (χ2n) is 2.37. The molecule has 12 heavy (non-hydrogen) atoms. The van der Waals surface area contributed by atoms with Crippen LogP contribution in [0, 0.1) is 0 Å². The van der Waals surface area contributed by atoms with Gasteiger partial charge in [-0.3, -0.25) is 9.20 Å². The van der Waals surface area contributed by atoms with Crippen molar-refractivity contribution in [3.63, 3.8) is 0 Å². The fraction of sp³-hybridized carbons (Fsp3) is 0. The topological polar surface area (TPSA) is 54.6 Å². The molecule has 0 unspecified atom stereocenters. The molecule has 4 heteroatoms. The molecule has 2 rings (SSSR count). The van der Waals surface area contributed by atoms with Crippen LogP contribution >= 0.6 is 0 Å². The molecule has 0 atom stereocenters. The van der Waals surface area contributed by atoms with Crippen LogP contribution in [0.2, 0.25) is 0 Å². The molecule has 60 valence electrons. The molecule has 2 heterocycles. The zero-order valence-electron chi connectivity index (χ0n) is 6.14. The van der Waals surface area contributed by atoms with Gasteiger partial charge in [0.1, 0.15) is 5.52 Å². The van der Waals surface area contributed by atoms with Gasteiger partial charge < -0.3 is 5.11 Å².